The molecule has 108 valence electrons. The fraction of sp³-hybridized carbons (Fsp3) is 0.250. The monoisotopic (exact) mass is 299 g/mol. The van der Waals surface area contributed by atoms with Gasteiger partial charge in [0.1, 0.15) is 6.04 Å². The van der Waals surface area contributed by atoms with Crippen molar-refractivity contribution in [1.29, 1.82) is 0 Å². The Morgan fingerprint density at radius 2 is 1.85 bits per heavy atom. The summed E-state index contributed by atoms with van der Waals surface area (Å²) in [7, 11) is 0. The van der Waals surface area contributed by atoms with Crippen LogP contribution < -0.4 is 16.4 Å². The Morgan fingerprint density at radius 1 is 1.25 bits per heavy atom. The molecule has 0 aliphatic carbocycles. The Kier molecular flexibility index (Phi) is 5.33. The third-order valence-corrected chi connectivity index (χ3v) is 2.86. The lowest BCUT2D eigenvalue weighted by atomic mass is 10.1. The molecule has 1 unspecified atom stereocenters. The Labute approximate surface area is 120 Å². The van der Waals surface area contributed by atoms with Crippen molar-refractivity contribution >= 4 is 29.5 Å². The second-order valence-corrected chi connectivity index (χ2v) is 4.44. The van der Waals surface area contributed by atoms with Crippen molar-refractivity contribution in [3.05, 3.63) is 34.9 Å². The third-order valence-electron chi connectivity index (χ3n) is 2.51. The molecule has 20 heavy (non-hydrogen) atoms. The highest BCUT2D eigenvalue weighted by molar-refractivity contribution is 6.31. The van der Waals surface area contributed by atoms with Gasteiger partial charge in [-0.3, -0.25) is 4.79 Å². The number of nitrogens with one attached hydrogen (secondary N) is 2. The van der Waals surface area contributed by atoms with Gasteiger partial charge in [-0.2, -0.15) is 0 Å². The van der Waals surface area contributed by atoms with Gasteiger partial charge in [-0.25, -0.2) is 9.59 Å². The van der Waals surface area contributed by atoms with E-state index in [1.54, 1.807) is 12.1 Å². The number of halogens is 1. The largest absolute Gasteiger partial charge is 0.479 e. The van der Waals surface area contributed by atoms with Crippen LogP contribution >= 0.6 is 11.6 Å². The van der Waals surface area contributed by atoms with E-state index >= 15 is 0 Å². The molecule has 0 spiro atoms. The Bertz CT molecular complexity index is 535. The number of hydrogen-bond acceptors (Lipinski definition) is 3. The number of carboxylic acid groups (broad SMARTS) is 1. The van der Waals surface area contributed by atoms with E-state index in [9.17, 15) is 14.4 Å². The second kappa shape index (κ2) is 6.76. The Balaban J connectivity index is 2.84. The van der Waals surface area contributed by atoms with Crippen LogP contribution in [0.5, 0.6) is 0 Å². The number of aliphatic carboxylic acids is 1. The predicted molar refractivity (Wildman–Crippen MR) is 72.2 cm³/mol. The first kappa shape index (κ1) is 15.8. The van der Waals surface area contributed by atoms with Gasteiger partial charge in [-0.1, -0.05) is 29.8 Å². The molecule has 0 saturated carbocycles. The van der Waals surface area contributed by atoms with E-state index in [0.29, 0.717) is 0 Å². The average Bonchev–Trinajstić information content (AvgIpc) is 2.36. The highest BCUT2D eigenvalue weighted by Crippen LogP contribution is 2.22. The van der Waals surface area contributed by atoms with E-state index in [2.05, 4.69) is 10.6 Å². The predicted octanol–water partition coefficient (Wildman–Crippen LogP) is 0.639. The van der Waals surface area contributed by atoms with Gasteiger partial charge in [0.2, 0.25) is 5.91 Å². The van der Waals surface area contributed by atoms with Crippen LogP contribution in [0.15, 0.2) is 24.3 Å². The second-order valence-electron chi connectivity index (χ2n) is 4.03. The van der Waals surface area contributed by atoms with E-state index in [-0.39, 0.29) is 10.6 Å². The zero-order valence-electron chi connectivity index (χ0n) is 10.6. The summed E-state index contributed by atoms with van der Waals surface area (Å²) in [4.78, 5) is 33.7. The summed E-state index contributed by atoms with van der Waals surface area (Å²) in [5.74, 6) is -2.01. The van der Waals surface area contributed by atoms with E-state index in [4.69, 9.17) is 22.4 Å². The molecular formula is C12H14ClN3O4. The molecule has 2 atom stereocenters. The molecule has 0 aliphatic heterocycles. The number of carboxylic acids is 1. The maximum Gasteiger partial charge on any atom is 0.331 e. The number of urea groups is 1. The van der Waals surface area contributed by atoms with Crippen LogP contribution in [0, 0.1) is 0 Å². The standard InChI is InChI=1S/C12H14ClN3O4/c1-6(10(14)17)15-12(20)16-9(11(18)19)7-4-2-3-5-8(7)13/h2-6,9H,1H3,(H2,14,17)(H,18,19)(H2,15,16,20)/t6?,9-/m1/s1. The number of carbonyl (C=O) groups is 3. The highest BCUT2D eigenvalue weighted by Gasteiger charge is 2.25. The molecule has 0 aliphatic rings. The van der Waals surface area contributed by atoms with E-state index < -0.39 is 30.0 Å². The molecular weight excluding hydrogens is 286 g/mol. The Morgan fingerprint density at radius 3 is 2.35 bits per heavy atom. The molecule has 8 heteroatoms. The minimum Gasteiger partial charge on any atom is -0.479 e. The summed E-state index contributed by atoms with van der Waals surface area (Å²) in [5.41, 5.74) is 5.23. The van der Waals surface area contributed by atoms with Crippen LogP contribution in [0.4, 0.5) is 4.79 Å². The zero-order chi connectivity index (χ0) is 15.3. The average molecular weight is 300 g/mol. The van der Waals surface area contributed by atoms with Gasteiger partial charge in [-0.15, -0.1) is 0 Å². The van der Waals surface area contributed by atoms with Gasteiger partial charge in [0.15, 0.2) is 6.04 Å². The van der Waals surface area contributed by atoms with E-state index in [0.717, 1.165) is 0 Å². The number of primary amides is 1. The van der Waals surface area contributed by atoms with Crippen LogP contribution in [0.2, 0.25) is 5.02 Å². The number of amides is 3. The van der Waals surface area contributed by atoms with Crippen LogP contribution in [0.3, 0.4) is 0 Å². The number of nitrogens with two attached hydrogens (primary N) is 1. The fourth-order valence-corrected chi connectivity index (χ4v) is 1.67. The van der Waals surface area contributed by atoms with Gasteiger partial charge >= 0.3 is 12.0 Å². The molecule has 5 N–H and O–H groups in total. The van der Waals surface area contributed by atoms with Gasteiger partial charge in [0.05, 0.1) is 0 Å². The molecule has 1 aromatic rings. The number of benzene rings is 1. The number of carbonyl (C=O) groups excluding carboxylic acids is 2. The molecule has 0 radical (unpaired) electrons. The first-order chi connectivity index (χ1) is 9.32. The summed E-state index contributed by atoms with van der Waals surface area (Å²) >= 11 is 5.89. The quantitative estimate of drug-likeness (QED) is 0.637. The maximum absolute atomic E-state index is 11.6. The highest BCUT2D eigenvalue weighted by atomic mass is 35.5. The maximum atomic E-state index is 11.6. The lowest BCUT2D eigenvalue weighted by Crippen LogP contribution is -2.48. The SMILES string of the molecule is CC(NC(=O)N[C@@H](C(=O)O)c1ccccc1Cl)C(N)=O. The number of rotatable bonds is 5. The van der Waals surface area contributed by atoms with Crippen LogP contribution in [0.1, 0.15) is 18.5 Å². The molecule has 7 nitrogen and oxygen atoms in total. The smallest absolute Gasteiger partial charge is 0.331 e. The summed E-state index contributed by atoms with van der Waals surface area (Å²) in [6.07, 6.45) is 0. The minimum atomic E-state index is -1.33. The zero-order valence-corrected chi connectivity index (χ0v) is 11.3. The number of hydrogen-bond donors (Lipinski definition) is 4. The summed E-state index contributed by atoms with van der Waals surface area (Å²) < 4.78 is 0. The lowest BCUT2D eigenvalue weighted by molar-refractivity contribution is -0.139. The summed E-state index contributed by atoms with van der Waals surface area (Å²) in [6, 6.07) is 3.16. The van der Waals surface area contributed by atoms with Crippen LogP contribution in [0.25, 0.3) is 0 Å². The Hall–Kier alpha value is -2.28. The van der Waals surface area contributed by atoms with Crippen molar-refractivity contribution in [2.24, 2.45) is 5.73 Å². The molecule has 0 saturated heterocycles. The molecule has 0 heterocycles. The van der Waals surface area contributed by atoms with Gasteiger partial charge in [0.25, 0.3) is 0 Å². The van der Waals surface area contributed by atoms with Crippen LogP contribution in [-0.4, -0.2) is 29.1 Å². The van der Waals surface area contributed by atoms with E-state index in [1.807, 2.05) is 0 Å². The van der Waals surface area contributed by atoms with Crippen molar-refractivity contribution < 1.29 is 19.5 Å². The lowest BCUT2D eigenvalue weighted by Gasteiger charge is -2.18. The van der Waals surface area contributed by atoms with E-state index in [1.165, 1.54) is 19.1 Å². The van der Waals surface area contributed by atoms with Crippen LogP contribution in [-0.2, 0) is 9.59 Å². The van der Waals surface area contributed by atoms with Gasteiger partial charge in [-0.05, 0) is 13.0 Å². The van der Waals surface area contributed by atoms with Gasteiger partial charge < -0.3 is 21.5 Å². The normalized spacial score (nSPS) is 13.1. The molecule has 0 bridgehead atoms. The molecule has 1 rings (SSSR count). The van der Waals surface area contributed by atoms with Crippen molar-refractivity contribution in [3.8, 4) is 0 Å². The third kappa shape index (κ3) is 4.13. The molecule has 0 fully saturated rings. The summed E-state index contributed by atoms with van der Waals surface area (Å²) in [5, 5.41) is 13.8. The molecule has 0 aromatic heterocycles. The first-order valence-electron chi connectivity index (χ1n) is 5.66. The molecule has 1 aromatic carbocycles. The van der Waals surface area contributed by atoms with Crippen molar-refractivity contribution in [2.45, 2.75) is 19.0 Å². The van der Waals surface area contributed by atoms with Crippen molar-refractivity contribution in [1.82, 2.24) is 10.6 Å². The topological polar surface area (TPSA) is 122 Å². The summed E-state index contributed by atoms with van der Waals surface area (Å²) in [6.45, 7) is 1.38. The van der Waals surface area contributed by atoms with Crippen molar-refractivity contribution in [2.75, 3.05) is 0 Å². The fourth-order valence-electron chi connectivity index (χ4n) is 1.42. The van der Waals surface area contributed by atoms with Crippen molar-refractivity contribution in [3.63, 3.8) is 0 Å². The van der Waals surface area contributed by atoms with Gasteiger partial charge in [0, 0.05) is 10.6 Å². The minimum absolute atomic E-state index is 0.211. The molecule has 3 amide bonds. The first-order valence-corrected chi connectivity index (χ1v) is 6.04.